The quantitative estimate of drug-likeness (QED) is 0.747. The number of aliphatic hydroxyl groups excluding tert-OH is 1. The number of hydrogen-bond donors (Lipinski definition) is 2. The number of aliphatic hydroxyl groups is 2. The van der Waals surface area contributed by atoms with E-state index in [2.05, 4.69) is 16.0 Å². The van der Waals surface area contributed by atoms with Gasteiger partial charge in [-0.15, -0.1) is 0 Å². The lowest BCUT2D eigenvalue weighted by Gasteiger charge is -2.21. The molecule has 0 amide bonds. The van der Waals surface area contributed by atoms with Crippen molar-refractivity contribution >= 4 is 11.6 Å². The van der Waals surface area contributed by atoms with Crippen molar-refractivity contribution < 1.29 is 14.9 Å². The highest BCUT2D eigenvalue weighted by Gasteiger charge is 2.22. The SMILES string of the molecule is CCCOc1nc(C(O)O)nc(CC)c1CC1CC=CC=C1Cl. The van der Waals surface area contributed by atoms with Gasteiger partial charge in [0, 0.05) is 16.5 Å². The lowest BCUT2D eigenvalue weighted by molar-refractivity contribution is -0.0500. The fraction of sp³-hybridized carbons (Fsp3) is 0.529. The Hall–Kier alpha value is -1.43. The number of ether oxygens (including phenoxy) is 1. The van der Waals surface area contributed by atoms with Crippen LogP contribution >= 0.6 is 11.6 Å². The van der Waals surface area contributed by atoms with E-state index in [1.807, 2.05) is 26.0 Å². The number of allylic oxidation sites excluding steroid dienone is 4. The summed E-state index contributed by atoms with van der Waals surface area (Å²) in [7, 11) is 0. The second-order valence-electron chi connectivity index (χ2n) is 5.50. The topological polar surface area (TPSA) is 75.5 Å². The van der Waals surface area contributed by atoms with Gasteiger partial charge in [0.25, 0.3) is 0 Å². The van der Waals surface area contributed by atoms with E-state index < -0.39 is 6.29 Å². The monoisotopic (exact) mass is 338 g/mol. The first-order chi connectivity index (χ1) is 11.1. The van der Waals surface area contributed by atoms with Crippen molar-refractivity contribution in [3.63, 3.8) is 0 Å². The Bertz CT molecular complexity index is 600. The molecule has 0 bridgehead atoms. The third-order valence-electron chi connectivity index (χ3n) is 3.73. The van der Waals surface area contributed by atoms with Crippen LogP contribution in [0.4, 0.5) is 0 Å². The van der Waals surface area contributed by atoms with Crippen molar-refractivity contribution in [1.82, 2.24) is 9.97 Å². The molecule has 0 saturated carbocycles. The molecule has 1 heterocycles. The summed E-state index contributed by atoms with van der Waals surface area (Å²) in [5.74, 6) is 0.576. The fourth-order valence-electron chi connectivity index (χ4n) is 2.54. The van der Waals surface area contributed by atoms with Crippen LogP contribution in [-0.2, 0) is 12.8 Å². The Morgan fingerprint density at radius 1 is 1.35 bits per heavy atom. The highest BCUT2D eigenvalue weighted by atomic mass is 35.5. The number of rotatable bonds is 7. The van der Waals surface area contributed by atoms with Gasteiger partial charge in [-0.05, 0) is 31.8 Å². The summed E-state index contributed by atoms with van der Waals surface area (Å²) < 4.78 is 5.74. The van der Waals surface area contributed by atoms with Crippen molar-refractivity contribution in [2.24, 2.45) is 5.92 Å². The van der Waals surface area contributed by atoms with Crippen LogP contribution in [0.5, 0.6) is 5.88 Å². The van der Waals surface area contributed by atoms with Crippen LogP contribution in [0.3, 0.4) is 0 Å². The van der Waals surface area contributed by atoms with Gasteiger partial charge in [-0.25, -0.2) is 4.98 Å². The largest absolute Gasteiger partial charge is 0.477 e. The molecule has 1 unspecified atom stereocenters. The van der Waals surface area contributed by atoms with E-state index in [4.69, 9.17) is 16.3 Å². The van der Waals surface area contributed by atoms with E-state index in [9.17, 15) is 10.2 Å². The van der Waals surface area contributed by atoms with E-state index in [1.54, 1.807) is 0 Å². The lowest BCUT2D eigenvalue weighted by Crippen LogP contribution is -2.15. The Morgan fingerprint density at radius 2 is 2.13 bits per heavy atom. The van der Waals surface area contributed by atoms with Gasteiger partial charge in [0.1, 0.15) is 0 Å². The van der Waals surface area contributed by atoms with E-state index in [-0.39, 0.29) is 11.7 Å². The van der Waals surface area contributed by atoms with Crippen LogP contribution < -0.4 is 4.74 Å². The summed E-state index contributed by atoms with van der Waals surface area (Å²) in [6.07, 6.45) is 7.26. The van der Waals surface area contributed by atoms with Crippen molar-refractivity contribution in [3.8, 4) is 5.88 Å². The number of nitrogens with zero attached hydrogens (tertiary/aromatic N) is 2. The second kappa shape index (κ2) is 8.43. The van der Waals surface area contributed by atoms with Gasteiger partial charge in [0.05, 0.1) is 12.3 Å². The zero-order chi connectivity index (χ0) is 16.8. The lowest BCUT2D eigenvalue weighted by atomic mass is 9.92. The maximum absolute atomic E-state index is 9.38. The molecule has 1 aliphatic rings. The predicted octanol–water partition coefficient (Wildman–Crippen LogP) is 3.05. The first-order valence-electron chi connectivity index (χ1n) is 7.97. The molecule has 5 nitrogen and oxygen atoms in total. The van der Waals surface area contributed by atoms with Crippen LogP contribution in [0, 0.1) is 5.92 Å². The first-order valence-corrected chi connectivity index (χ1v) is 8.35. The van der Waals surface area contributed by atoms with Crippen LogP contribution in [0.25, 0.3) is 0 Å². The van der Waals surface area contributed by atoms with Gasteiger partial charge in [0.15, 0.2) is 5.82 Å². The van der Waals surface area contributed by atoms with Gasteiger partial charge in [-0.2, -0.15) is 4.98 Å². The maximum atomic E-state index is 9.38. The molecule has 0 saturated heterocycles. The standard InChI is InChI=1S/C17H23ClN2O3/c1-3-9-23-16-12(10-11-7-5-6-8-13(11)18)14(4-2)19-15(20-16)17(21)22/h5-6,8,11,17,21-22H,3-4,7,9-10H2,1-2H3. The molecule has 23 heavy (non-hydrogen) atoms. The minimum absolute atomic E-state index is 0.0260. The molecule has 0 radical (unpaired) electrons. The first kappa shape index (κ1) is 17.9. The number of aromatic nitrogens is 2. The molecule has 2 N–H and O–H groups in total. The summed E-state index contributed by atoms with van der Waals surface area (Å²) in [5.41, 5.74) is 1.67. The van der Waals surface area contributed by atoms with Gasteiger partial charge >= 0.3 is 0 Å². The average molecular weight is 339 g/mol. The van der Waals surface area contributed by atoms with E-state index in [1.165, 1.54) is 0 Å². The summed E-state index contributed by atoms with van der Waals surface area (Å²) in [6.45, 7) is 4.50. The molecule has 1 aromatic heterocycles. The molecule has 2 rings (SSSR count). The smallest absolute Gasteiger partial charge is 0.220 e. The van der Waals surface area contributed by atoms with Crippen molar-refractivity contribution in [2.45, 2.75) is 45.8 Å². The number of hydrogen-bond acceptors (Lipinski definition) is 5. The number of halogens is 1. The van der Waals surface area contributed by atoms with Crippen LogP contribution in [0.15, 0.2) is 23.3 Å². The Balaban J connectivity index is 2.37. The van der Waals surface area contributed by atoms with Crippen LogP contribution in [-0.4, -0.2) is 26.8 Å². The zero-order valence-corrected chi connectivity index (χ0v) is 14.3. The maximum Gasteiger partial charge on any atom is 0.220 e. The van der Waals surface area contributed by atoms with Gasteiger partial charge < -0.3 is 14.9 Å². The summed E-state index contributed by atoms with van der Waals surface area (Å²) in [5, 5.41) is 19.6. The third kappa shape index (κ3) is 4.53. The van der Waals surface area contributed by atoms with Crippen LogP contribution in [0.1, 0.15) is 50.1 Å². The predicted molar refractivity (Wildman–Crippen MR) is 89.3 cm³/mol. The van der Waals surface area contributed by atoms with Crippen molar-refractivity contribution in [3.05, 3.63) is 40.3 Å². The average Bonchev–Trinajstić information content (AvgIpc) is 2.55. The summed E-state index contributed by atoms with van der Waals surface area (Å²) in [6, 6.07) is 0. The molecular weight excluding hydrogens is 316 g/mol. The highest BCUT2D eigenvalue weighted by Crippen LogP contribution is 2.32. The molecule has 1 atom stereocenters. The molecule has 1 aliphatic carbocycles. The second-order valence-corrected chi connectivity index (χ2v) is 5.94. The zero-order valence-electron chi connectivity index (χ0n) is 13.5. The minimum Gasteiger partial charge on any atom is -0.477 e. The Kier molecular flexibility index (Phi) is 6.57. The Morgan fingerprint density at radius 3 is 2.74 bits per heavy atom. The number of aryl methyl sites for hydroxylation is 1. The minimum atomic E-state index is -1.71. The molecule has 0 aliphatic heterocycles. The van der Waals surface area contributed by atoms with Gasteiger partial charge in [0.2, 0.25) is 12.2 Å². The summed E-state index contributed by atoms with van der Waals surface area (Å²) in [4.78, 5) is 8.47. The van der Waals surface area contributed by atoms with Gasteiger partial charge in [-0.1, -0.05) is 37.6 Å². The molecule has 1 aromatic rings. The molecule has 6 heteroatoms. The van der Waals surface area contributed by atoms with E-state index in [0.29, 0.717) is 25.3 Å². The van der Waals surface area contributed by atoms with E-state index >= 15 is 0 Å². The molecule has 0 fully saturated rings. The van der Waals surface area contributed by atoms with E-state index in [0.717, 1.165) is 29.1 Å². The normalized spacial score (nSPS) is 17.5. The summed E-state index contributed by atoms with van der Waals surface area (Å²) >= 11 is 6.31. The Labute approximate surface area is 141 Å². The third-order valence-corrected chi connectivity index (χ3v) is 4.17. The van der Waals surface area contributed by atoms with Crippen molar-refractivity contribution in [1.29, 1.82) is 0 Å². The molecular formula is C17H23ClN2O3. The highest BCUT2D eigenvalue weighted by molar-refractivity contribution is 6.30. The molecule has 0 spiro atoms. The fourth-order valence-corrected chi connectivity index (χ4v) is 2.77. The van der Waals surface area contributed by atoms with Gasteiger partial charge in [-0.3, -0.25) is 0 Å². The van der Waals surface area contributed by atoms with Crippen molar-refractivity contribution in [2.75, 3.05) is 6.61 Å². The molecule has 126 valence electrons. The van der Waals surface area contributed by atoms with Crippen LogP contribution in [0.2, 0.25) is 0 Å². The molecule has 0 aromatic carbocycles.